The molecule has 3 heterocycles. The van der Waals surface area contributed by atoms with Gasteiger partial charge in [0.05, 0.1) is 12.5 Å². The number of benzene rings is 8. The first-order valence-corrected chi connectivity index (χ1v) is 18.1. The summed E-state index contributed by atoms with van der Waals surface area (Å²) in [5.41, 5.74) is 7.27. The maximum Gasteiger partial charge on any atom is 0.135 e. The fraction of sp³-hybridized carbons (Fsp3) is 0. The number of fused-ring (bicyclic) bond motifs is 7. The Labute approximate surface area is 297 Å². The van der Waals surface area contributed by atoms with Crippen LogP contribution in [0.5, 0.6) is 0 Å². The summed E-state index contributed by atoms with van der Waals surface area (Å²) in [7, 11) is 0. The molecular formula is C48H28O2S. The van der Waals surface area contributed by atoms with E-state index in [1.807, 2.05) is 23.5 Å². The zero-order valence-electron chi connectivity index (χ0n) is 27.4. The molecule has 3 aromatic heterocycles. The molecular weight excluding hydrogens is 641 g/mol. The van der Waals surface area contributed by atoms with Crippen molar-refractivity contribution in [2.75, 3.05) is 0 Å². The Morgan fingerprint density at radius 2 is 0.784 bits per heavy atom. The van der Waals surface area contributed by atoms with Crippen LogP contribution in [0.15, 0.2) is 179 Å². The quantitative estimate of drug-likeness (QED) is 0.175. The molecule has 0 bridgehead atoms. The molecule has 0 unspecified atom stereocenters. The van der Waals surface area contributed by atoms with Crippen molar-refractivity contribution in [1.82, 2.24) is 0 Å². The predicted molar refractivity (Wildman–Crippen MR) is 216 cm³/mol. The van der Waals surface area contributed by atoms with Gasteiger partial charge in [0.2, 0.25) is 0 Å². The van der Waals surface area contributed by atoms with Gasteiger partial charge in [-0.15, -0.1) is 11.3 Å². The minimum absolute atomic E-state index is 0.888. The first-order valence-electron chi connectivity index (χ1n) is 17.2. The van der Waals surface area contributed by atoms with E-state index in [0.717, 1.165) is 22.6 Å². The maximum absolute atomic E-state index is 6.02. The summed E-state index contributed by atoms with van der Waals surface area (Å²) in [6.07, 6.45) is 3.52. The third kappa shape index (κ3) is 4.16. The highest BCUT2D eigenvalue weighted by Gasteiger charge is 2.22. The van der Waals surface area contributed by atoms with E-state index >= 15 is 0 Å². The van der Waals surface area contributed by atoms with Crippen molar-refractivity contribution < 1.29 is 8.83 Å². The van der Waals surface area contributed by atoms with Crippen molar-refractivity contribution >= 4 is 74.6 Å². The Balaban J connectivity index is 1.18. The highest BCUT2D eigenvalue weighted by Crippen LogP contribution is 2.49. The topological polar surface area (TPSA) is 26.3 Å². The van der Waals surface area contributed by atoms with Gasteiger partial charge in [-0.1, -0.05) is 127 Å². The minimum Gasteiger partial charge on any atom is -0.464 e. The lowest BCUT2D eigenvalue weighted by Gasteiger charge is -2.16. The predicted octanol–water partition coefficient (Wildman–Crippen LogP) is 14.5. The van der Waals surface area contributed by atoms with Gasteiger partial charge in [0.15, 0.2) is 0 Å². The van der Waals surface area contributed by atoms with Gasteiger partial charge in [0.25, 0.3) is 0 Å². The molecule has 0 saturated heterocycles. The van der Waals surface area contributed by atoms with Crippen LogP contribution >= 0.6 is 11.3 Å². The molecule has 0 aliphatic rings. The Kier molecular flexibility index (Phi) is 6.16. The van der Waals surface area contributed by atoms with Crippen molar-refractivity contribution in [3.05, 3.63) is 170 Å². The summed E-state index contributed by atoms with van der Waals surface area (Å²) in [6.45, 7) is 0. The number of thiophene rings is 1. The number of hydrogen-bond donors (Lipinski definition) is 0. The van der Waals surface area contributed by atoms with Crippen LogP contribution < -0.4 is 0 Å². The van der Waals surface area contributed by atoms with E-state index in [9.17, 15) is 0 Å². The molecule has 0 amide bonds. The van der Waals surface area contributed by atoms with Crippen molar-refractivity contribution in [2.24, 2.45) is 0 Å². The fourth-order valence-corrected chi connectivity index (χ4v) is 9.64. The van der Waals surface area contributed by atoms with Crippen LogP contribution in [-0.4, -0.2) is 0 Å². The second kappa shape index (κ2) is 11.0. The average Bonchev–Trinajstić information content (AvgIpc) is 3.98. The molecule has 11 aromatic rings. The minimum atomic E-state index is 0.888. The van der Waals surface area contributed by atoms with Crippen LogP contribution in [0.1, 0.15) is 0 Å². The molecule has 238 valence electrons. The summed E-state index contributed by atoms with van der Waals surface area (Å²) >= 11 is 1.89. The summed E-state index contributed by atoms with van der Waals surface area (Å²) < 4.78 is 14.6. The van der Waals surface area contributed by atoms with Crippen LogP contribution in [0, 0.1) is 0 Å². The largest absolute Gasteiger partial charge is 0.464 e. The van der Waals surface area contributed by atoms with E-state index in [0.29, 0.717) is 0 Å². The molecule has 3 heteroatoms. The third-order valence-electron chi connectivity index (χ3n) is 10.5. The van der Waals surface area contributed by atoms with Crippen LogP contribution in [-0.2, 0) is 0 Å². The standard InChI is InChI=1S/C48H28O2S/c1-5-16-35-31(12-1)44(32-13-2-6-17-36(32)46(35)41-22-10-26-49-41)29-24-25-30-39-20-9-21-40(48(39)51-43(30)28-29)45-33-14-3-7-18-37(33)47(42-23-11-27-50-42)38-19-8-4-15-34(38)45/h1-28H. The monoisotopic (exact) mass is 668 g/mol. The van der Waals surface area contributed by atoms with E-state index in [4.69, 9.17) is 8.83 Å². The zero-order valence-corrected chi connectivity index (χ0v) is 28.2. The lowest BCUT2D eigenvalue weighted by atomic mass is 9.87. The average molecular weight is 669 g/mol. The molecule has 8 aromatic carbocycles. The van der Waals surface area contributed by atoms with Gasteiger partial charge in [-0.2, -0.15) is 0 Å². The Bertz CT molecular complexity index is 3010. The molecule has 0 aliphatic carbocycles. The van der Waals surface area contributed by atoms with Gasteiger partial charge >= 0.3 is 0 Å². The molecule has 0 fully saturated rings. The first-order chi connectivity index (χ1) is 25.3. The zero-order chi connectivity index (χ0) is 33.5. The van der Waals surface area contributed by atoms with Crippen molar-refractivity contribution in [3.8, 4) is 44.9 Å². The lowest BCUT2D eigenvalue weighted by molar-refractivity contribution is 0.583. The van der Waals surface area contributed by atoms with Gasteiger partial charge in [-0.3, -0.25) is 0 Å². The number of furan rings is 2. The second-order valence-electron chi connectivity index (χ2n) is 13.1. The summed E-state index contributed by atoms with van der Waals surface area (Å²) in [5.74, 6) is 1.78. The van der Waals surface area contributed by atoms with Crippen LogP contribution in [0.4, 0.5) is 0 Å². The second-order valence-corrected chi connectivity index (χ2v) is 14.2. The molecule has 0 saturated carbocycles. The van der Waals surface area contributed by atoms with Crippen molar-refractivity contribution in [3.63, 3.8) is 0 Å². The summed E-state index contributed by atoms with van der Waals surface area (Å²) in [6, 6.07) is 56.9. The molecule has 2 nitrogen and oxygen atoms in total. The van der Waals surface area contributed by atoms with Crippen molar-refractivity contribution in [2.45, 2.75) is 0 Å². The molecule has 0 N–H and O–H groups in total. The number of hydrogen-bond acceptors (Lipinski definition) is 3. The smallest absolute Gasteiger partial charge is 0.135 e. The van der Waals surface area contributed by atoms with Crippen LogP contribution in [0.25, 0.3) is 108 Å². The summed E-state index contributed by atoms with van der Waals surface area (Å²) in [5, 5.41) is 12.2. The van der Waals surface area contributed by atoms with Gasteiger partial charge in [0, 0.05) is 36.9 Å². The van der Waals surface area contributed by atoms with Crippen LogP contribution in [0.2, 0.25) is 0 Å². The SMILES string of the molecule is c1coc(-c2c3ccccc3c(-c3ccc4c(c3)sc3c(-c5c6ccccc6c(-c6ccco6)c6ccccc56)cccc34)c3ccccc23)c1. The van der Waals surface area contributed by atoms with Gasteiger partial charge < -0.3 is 8.83 Å². The van der Waals surface area contributed by atoms with E-state index in [1.54, 1.807) is 12.5 Å². The van der Waals surface area contributed by atoms with Crippen molar-refractivity contribution in [1.29, 1.82) is 0 Å². The van der Waals surface area contributed by atoms with Crippen LogP contribution in [0.3, 0.4) is 0 Å². The molecule has 0 atom stereocenters. The fourth-order valence-electron chi connectivity index (χ4n) is 8.38. The van der Waals surface area contributed by atoms with Gasteiger partial charge in [0.1, 0.15) is 11.5 Å². The highest BCUT2D eigenvalue weighted by atomic mass is 32.1. The normalized spacial score (nSPS) is 11.9. The summed E-state index contributed by atoms with van der Waals surface area (Å²) in [4.78, 5) is 0. The van der Waals surface area contributed by atoms with E-state index in [2.05, 4.69) is 146 Å². The lowest BCUT2D eigenvalue weighted by Crippen LogP contribution is -1.90. The number of rotatable bonds is 4. The molecule has 0 aliphatic heterocycles. The molecule has 0 spiro atoms. The van der Waals surface area contributed by atoms with E-state index < -0.39 is 0 Å². The first kappa shape index (κ1) is 28.4. The van der Waals surface area contributed by atoms with Gasteiger partial charge in [-0.05, 0) is 90.1 Å². The Morgan fingerprint density at radius 1 is 0.333 bits per heavy atom. The van der Waals surface area contributed by atoms with Gasteiger partial charge in [-0.25, -0.2) is 0 Å². The van der Waals surface area contributed by atoms with E-state index in [-0.39, 0.29) is 0 Å². The maximum atomic E-state index is 6.02. The third-order valence-corrected chi connectivity index (χ3v) is 11.7. The Morgan fingerprint density at radius 3 is 1.25 bits per heavy atom. The molecule has 0 radical (unpaired) electrons. The molecule has 11 rings (SSSR count). The Hall–Kier alpha value is -6.42. The molecule has 51 heavy (non-hydrogen) atoms. The van der Waals surface area contributed by atoms with E-state index in [1.165, 1.54) is 85.5 Å². The highest BCUT2D eigenvalue weighted by molar-refractivity contribution is 7.26.